The van der Waals surface area contributed by atoms with Gasteiger partial charge in [0.25, 0.3) is 0 Å². The normalized spacial score (nSPS) is 15.6. The molecule has 9 nitrogen and oxygen atoms in total. The number of guanidine groups is 1. The summed E-state index contributed by atoms with van der Waals surface area (Å²) >= 11 is 0. The second-order valence-electron chi connectivity index (χ2n) is 7.85. The molecule has 1 unspecified atom stereocenters. The standard InChI is InChI=1S/C24H31N7O2.HI/c1-4-26-24(27-14-18-5-7-20(8-6-18)31-17-25-16-28-31)29-19-9-10-30(15-19)21-11-22(32-2)13-23(12-21)33-3;/h5-8,11-13,16-17,19H,4,9-10,14-15H2,1-3H3,(H2,26,27,29);1H. The van der Waals surface area contributed by atoms with Crippen LogP contribution in [0.2, 0.25) is 0 Å². The Labute approximate surface area is 217 Å². The molecule has 0 amide bonds. The van der Waals surface area contributed by atoms with Gasteiger partial charge in [0.05, 0.1) is 26.5 Å². The molecule has 182 valence electrons. The lowest BCUT2D eigenvalue weighted by Crippen LogP contribution is -2.44. The topological polar surface area (TPSA) is 88.8 Å². The first-order chi connectivity index (χ1) is 16.2. The molecular weight excluding hydrogens is 545 g/mol. The van der Waals surface area contributed by atoms with E-state index < -0.39 is 0 Å². The fraction of sp³-hybridized carbons (Fsp3) is 0.375. The Hall–Kier alpha value is -3.02. The van der Waals surface area contributed by atoms with Gasteiger partial charge in [-0.2, -0.15) is 5.10 Å². The van der Waals surface area contributed by atoms with Crippen molar-refractivity contribution in [1.82, 2.24) is 25.4 Å². The van der Waals surface area contributed by atoms with Crippen LogP contribution in [0.4, 0.5) is 5.69 Å². The first-order valence-electron chi connectivity index (χ1n) is 11.1. The van der Waals surface area contributed by atoms with Gasteiger partial charge >= 0.3 is 0 Å². The van der Waals surface area contributed by atoms with E-state index in [0.717, 1.165) is 60.5 Å². The van der Waals surface area contributed by atoms with Crippen molar-refractivity contribution in [2.24, 2.45) is 4.99 Å². The predicted octanol–water partition coefficient (Wildman–Crippen LogP) is 3.24. The number of ether oxygens (including phenoxy) is 2. The predicted molar refractivity (Wildman–Crippen MR) is 145 cm³/mol. The number of nitrogens with zero attached hydrogens (tertiary/aromatic N) is 5. The summed E-state index contributed by atoms with van der Waals surface area (Å²) < 4.78 is 12.6. The number of nitrogens with one attached hydrogen (secondary N) is 2. The van der Waals surface area contributed by atoms with Gasteiger partial charge in [0.1, 0.15) is 24.2 Å². The van der Waals surface area contributed by atoms with Gasteiger partial charge < -0.3 is 25.0 Å². The average Bonchev–Trinajstić information content (AvgIpc) is 3.55. The van der Waals surface area contributed by atoms with E-state index in [1.165, 1.54) is 6.33 Å². The van der Waals surface area contributed by atoms with E-state index in [1.54, 1.807) is 25.2 Å². The van der Waals surface area contributed by atoms with Crippen LogP contribution in [0.5, 0.6) is 11.5 Å². The summed E-state index contributed by atoms with van der Waals surface area (Å²) in [5, 5.41) is 11.1. The van der Waals surface area contributed by atoms with Crippen LogP contribution in [0.1, 0.15) is 18.9 Å². The number of hydrogen-bond donors (Lipinski definition) is 2. The van der Waals surface area contributed by atoms with Crippen LogP contribution in [-0.4, -0.2) is 60.6 Å². The molecule has 1 aliphatic rings. The van der Waals surface area contributed by atoms with Crippen molar-refractivity contribution in [3.63, 3.8) is 0 Å². The Balaban J connectivity index is 0.00000324. The molecule has 10 heteroatoms. The highest BCUT2D eigenvalue weighted by atomic mass is 127. The lowest BCUT2D eigenvalue weighted by molar-refractivity contribution is 0.394. The monoisotopic (exact) mass is 577 g/mol. The molecule has 2 aromatic carbocycles. The van der Waals surface area contributed by atoms with Gasteiger partial charge in [0, 0.05) is 49.6 Å². The molecule has 1 saturated heterocycles. The van der Waals surface area contributed by atoms with Crippen LogP contribution in [0.25, 0.3) is 5.69 Å². The molecule has 2 heterocycles. The SMILES string of the molecule is CCNC(=NCc1ccc(-n2cncn2)cc1)NC1CCN(c2cc(OC)cc(OC)c2)C1.I. The minimum atomic E-state index is 0. The minimum absolute atomic E-state index is 0. The quantitative estimate of drug-likeness (QED) is 0.242. The maximum absolute atomic E-state index is 5.42. The molecule has 0 radical (unpaired) electrons. The highest BCUT2D eigenvalue weighted by molar-refractivity contribution is 14.0. The second-order valence-corrected chi connectivity index (χ2v) is 7.85. The smallest absolute Gasteiger partial charge is 0.191 e. The minimum Gasteiger partial charge on any atom is -0.497 e. The first kappa shape index (κ1) is 25.6. The van der Waals surface area contributed by atoms with E-state index >= 15 is 0 Å². The van der Waals surface area contributed by atoms with E-state index in [0.29, 0.717) is 12.6 Å². The largest absolute Gasteiger partial charge is 0.497 e. The fourth-order valence-electron chi connectivity index (χ4n) is 3.87. The molecule has 3 aromatic rings. The maximum Gasteiger partial charge on any atom is 0.191 e. The van der Waals surface area contributed by atoms with Crippen LogP contribution < -0.4 is 25.0 Å². The van der Waals surface area contributed by atoms with Gasteiger partial charge in [0.2, 0.25) is 0 Å². The lowest BCUT2D eigenvalue weighted by atomic mass is 10.2. The number of methoxy groups -OCH3 is 2. The number of benzene rings is 2. The summed E-state index contributed by atoms with van der Waals surface area (Å²) in [7, 11) is 3.35. The highest BCUT2D eigenvalue weighted by Crippen LogP contribution is 2.30. The molecule has 4 rings (SSSR count). The molecule has 0 bridgehead atoms. The van der Waals surface area contributed by atoms with Gasteiger partial charge in [-0.05, 0) is 31.0 Å². The summed E-state index contributed by atoms with van der Waals surface area (Å²) in [6, 6.07) is 14.5. The average molecular weight is 577 g/mol. The van der Waals surface area contributed by atoms with Crippen LogP contribution in [-0.2, 0) is 6.54 Å². The summed E-state index contributed by atoms with van der Waals surface area (Å²) in [5.41, 5.74) is 3.21. The molecule has 34 heavy (non-hydrogen) atoms. The van der Waals surface area contributed by atoms with Crippen molar-refractivity contribution in [2.75, 3.05) is 38.8 Å². The third-order valence-electron chi connectivity index (χ3n) is 5.61. The van der Waals surface area contributed by atoms with Crippen LogP contribution >= 0.6 is 24.0 Å². The third-order valence-corrected chi connectivity index (χ3v) is 5.61. The molecule has 0 saturated carbocycles. The summed E-state index contributed by atoms with van der Waals surface area (Å²) in [6.45, 7) is 5.31. The third kappa shape index (κ3) is 6.52. The van der Waals surface area contributed by atoms with E-state index in [4.69, 9.17) is 14.5 Å². The molecule has 2 N–H and O–H groups in total. The van der Waals surface area contributed by atoms with Crippen LogP contribution in [0.15, 0.2) is 60.1 Å². The second kappa shape index (κ2) is 12.4. The fourth-order valence-corrected chi connectivity index (χ4v) is 3.87. The molecule has 0 spiro atoms. The van der Waals surface area contributed by atoms with E-state index in [2.05, 4.69) is 44.7 Å². The summed E-state index contributed by atoms with van der Waals surface area (Å²) in [4.78, 5) is 11.1. The number of halogens is 1. The zero-order valence-corrected chi connectivity index (χ0v) is 22.1. The molecule has 0 aliphatic carbocycles. The number of anilines is 1. The van der Waals surface area contributed by atoms with E-state index in [9.17, 15) is 0 Å². The van der Waals surface area contributed by atoms with Gasteiger partial charge in [-0.3, -0.25) is 0 Å². The number of rotatable bonds is 8. The Morgan fingerprint density at radius 2 is 1.82 bits per heavy atom. The summed E-state index contributed by atoms with van der Waals surface area (Å²) in [6.07, 6.45) is 4.24. The Kier molecular flexibility index (Phi) is 9.37. The van der Waals surface area contributed by atoms with Crippen molar-refractivity contribution in [1.29, 1.82) is 0 Å². The summed E-state index contributed by atoms with van der Waals surface area (Å²) in [5.74, 6) is 2.42. The highest BCUT2D eigenvalue weighted by Gasteiger charge is 2.24. The Morgan fingerprint density at radius 1 is 1.09 bits per heavy atom. The zero-order chi connectivity index (χ0) is 23.0. The van der Waals surface area contributed by atoms with Gasteiger partial charge in [-0.25, -0.2) is 14.7 Å². The zero-order valence-electron chi connectivity index (χ0n) is 19.8. The molecule has 1 atom stereocenters. The lowest BCUT2D eigenvalue weighted by Gasteiger charge is -2.21. The van der Waals surface area contributed by atoms with Crippen molar-refractivity contribution >= 4 is 35.6 Å². The van der Waals surface area contributed by atoms with Crippen LogP contribution in [0, 0.1) is 0 Å². The van der Waals surface area contributed by atoms with Crippen LogP contribution in [0.3, 0.4) is 0 Å². The Bertz CT molecular complexity index is 1040. The van der Waals surface area contributed by atoms with Gasteiger partial charge in [-0.15, -0.1) is 24.0 Å². The number of aliphatic imine (C=N–C) groups is 1. The molecule has 1 fully saturated rings. The van der Waals surface area contributed by atoms with Crippen molar-refractivity contribution in [3.05, 3.63) is 60.7 Å². The first-order valence-corrected chi connectivity index (χ1v) is 11.1. The van der Waals surface area contributed by atoms with Crippen molar-refractivity contribution in [2.45, 2.75) is 25.9 Å². The van der Waals surface area contributed by atoms with E-state index in [-0.39, 0.29) is 24.0 Å². The molecule has 1 aromatic heterocycles. The van der Waals surface area contributed by atoms with Gasteiger partial charge in [0.15, 0.2) is 5.96 Å². The Morgan fingerprint density at radius 3 is 2.44 bits per heavy atom. The number of aromatic nitrogens is 3. The molecule has 1 aliphatic heterocycles. The van der Waals surface area contributed by atoms with Gasteiger partial charge in [-0.1, -0.05) is 12.1 Å². The van der Waals surface area contributed by atoms with Crippen molar-refractivity contribution < 1.29 is 9.47 Å². The number of hydrogen-bond acceptors (Lipinski definition) is 6. The van der Waals surface area contributed by atoms with E-state index in [1.807, 2.05) is 30.3 Å². The maximum atomic E-state index is 5.42. The van der Waals surface area contributed by atoms with Crippen molar-refractivity contribution in [3.8, 4) is 17.2 Å². The molecular formula is C24H32IN7O2.